The van der Waals surface area contributed by atoms with Gasteiger partial charge < -0.3 is 15.4 Å². The molecule has 0 saturated carbocycles. The number of aromatic nitrogens is 2. The maximum atomic E-state index is 12.3. The molecule has 148 valence electrons. The summed E-state index contributed by atoms with van der Waals surface area (Å²) < 4.78 is 41.8. The number of nitrogens with zero attached hydrogens (tertiary/aromatic N) is 3. The zero-order chi connectivity index (χ0) is 19.7. The minimum atomic E-state index is -4.41. The molecule has 0 aliphatic rings. The van der Waals surface area contributed by atoms with Crippen LogP contribution in [0, 0.1) is 0 Å². The number of nitrogens with one attached hydrogen (secondary N) is 2. The van der Waals surface area contributed by atoms with Crippen molar-refractivity contribution >= 4 is 17.3 Å². The first kappa shape index (κ1) is 20.9. The Hall–Kier alpha value is -2.36. The lowest BCUT2D eigenvalue weighted by Crippen LogP contribution is -2.38. The van der Waals surface area contributed by atoms with Crippen molar-refractivity contribution in [3.63, 3.8) is 0 Å². The highest BCUT2D eigenvalue weighted by Crippen LogP contribution is 2.19. The Balaban J connectivity index is 1.83. The number of hydrogen-bond acceptors (Lipinski definition) is 5. The van der Waals surface area contributed by atoms with Gasteiger partial charge in [0.15, 0.2) is 12.6 Å². The average molecular weight is 401 g/mol. The van der Waals surface area contributed by atoms with E-state index in [9.17, 15) is 13.2 Å². The molecule has 2 heterocycles. The summed E-state index contributed by atoms with van der Waals surface area (Å²) in [4.78, 5) is 13.6. The number of pyridine rings is 1. The Morgan fingerprint density at radius 3 is 2.78 bits per heavy atom. The van der Waals surface area contributed by atoms with E-state index in [0.29, 0.717) is 18.1 Å². The van der Waals surface area contributed by atoms with Crippen molar-refractivity contribution in [1.29, 1.82) is 0 Å². The van der Waals surface area contributed by atoms with Crippen LogP contribution in [-0.2, 0) is 19.4 Å². The molecule has 0 bridgehead atoms. The Morgan fingerprint density at radius 2 is 2.11 bits per heavy atom. The van der Waals surface area contributed by atoms with Crippen molar-refractivity contribution in [2.24, 2.45) is 4.99 Å². The molecule has 6 nitrogen and oxygen atoms in total. The molecule has 0 radical (unpaired) electrons. The molecule has 2 aromatic rings. The van der Waals surface area contributed by atoms with Crippen LogP contribution in [0.4, 0.5) is 13.2 Å². The van der Waals surface area contributed by atoms with Crippen LogP contribution < -0.4 is 15.4 Å². The van der Waals surface area contributed by atoms with Gasteiger partial charge in [-0.2, -0.15) is 13.2 Å². The van der Waals surface area contributed by atoms with E-state index in [-0.39, 0.29) is 12.4 Å². The maximum Gasteiger partial charge on any atom is 0.422 e. The fourth-order valence-corrected chi connectivity index (χ4v) is 3.02. The van der Waals surface area contributed by atoms with Crippen molar-refractivity contribution in [1.82, 2.24) is 20.6 Å². The highest BCUT2D eigenvalue weighted by Gasteiger charge is 2.29. The fourth-order valence-electron chi connectivity index (χ4n) is 2.15. The molecule has 2 N–H and O–H groups in total. The summed E-state index contributed by atoms with van der Waals surface area (Å²) in [6, 6.07) is 3.29. The van der Waals surface area contributed by atoms with Crippen molar-refractivity contribution in [2.45, 2.75) is 32.5 Å². The normalized spacial score (nSPS) is 12.1. The number of alkyl halides is 3. The summed E-state index contributed by atoms with van der Waals surface area (Å²) in [5.74, 6) is 0.487. The third kappa shape index (κ3) is 7.41. The van der Waals surface area contributed by atoms with Crippen LogP contribution in [0.2, 0.25) is 0 Å². The van der Waals surface area contributed by atoms with Crippen LogP contribution in [0.1, 0.15) is 22.4 Å². The Kier molecular flexibility index (Phi) is 7.83. The Bertz CT molecular complexity index is 748. The first-order valence-electron chi connectivity index (χ1n) is 8.42. The van der Waals surface area contributed by atoms with Crippen molar-refractivity contribution in [2.75, 3.05) is 20.2 Å². The average Bonchev–Trinajstić information content (AvgIpc) is 3.11. The topological polar surface area (TPSA) is 71.4 Å². The van der Waals surface area contributed by atoms with E-state index in [0.717, 1.165) is 17.8 Å². The number of aliphatic imine (C=N–C) groups is 1. The Labute approximate surface area is 159 Å². The number of guanidine groups is 1. The van der Waals surface area contributed by atoms with Gasteiger partial charge in [0, 0.05) is 49.4 Å². The van der Waals surface area contributed by atoms with E-state index < -0.39 is 12.8 Å². The standard InChI is InChI=1S/C17H22F3N5OS/c1-3-13-10-24-14(27-13)6-8-23-16(21-2)25-9-12-5-4-7-22-15(12)26-11-17(18,19)20/h4-5,7,10H,3,6,8-9,11H2,1-2H3,(H2,21,23,25). The van der Waals surface area contributed by atoms with Gasteiger partial charge in [-0.25, -0.2) is 9.97 Å². The molecule has 0 aliphatic carbocycles. The van der Waals surface area contributed by atoms with Gasteiger partial charge in [-0.3, -0.25) is 4.99 Å². The molecule has 0 atom stereocenters. The first-order chi connectivity index (χ1) is 12.9. The second-order valence-corrected chi connectivity index (χ2v) is 6.75. The third-order valence-corrected chi connectivity index (χ3v) is 4.68. The summed E-state index contributed by atoms with van der Waals surface area (Å²) in [7, 11) is 1.62. The summed E-state index contributed by atoms with van der Waals surface area (Å²) in [5, 5.41) is 7.25. The van der Waals surface area contributed by atoms with Crippen LogP contribution >= 0.6 is 11.3 Å². The van der Waals surface area contributed by atoms with E-state index in [4.69, 9.17) is 4.74 Å². The van der Waals surface area contributed by atoms with Gasteiger partial charge in [0.1, 0.15) is 0 Å². The van der Waals surface area contributed by atoms with Gasteiger partial charge in [-0.15, -0.1) is 11.3 Å². The monoisotopic (exact) mass is 401 g/mol. The van der Waals surface area contributed by atoms with Crippen LogP contribution in [0.15, 0.2) is 29.5 Å². The van der Waals surface area contributed by atoms with E-state index in [1.807, 2.05) is 6.20 Å². The van der Waals surface area contributed by atoms with Gasteiger partial charge in [-0.1, -0.05) is 13.0 Å². The third-order valence-electron chi connectivity index (χ3n) is 3.47. The van der Waals surface area contributed by atoms with Gasteiger partial charge in [0.25, 0.3) is 0 Å². The van der Waals surface area contributed by atoms with Gasteiger partial charge in [0.2, 0.25) is 5.88 Å². The second kappa shape index (κ2) is 10.1. The van der Waals surface area contributed by atoms with Gasteiger partial charge in [-0.05, 0) is 12.5 Å². The van der Waals surface area contributed by atoms with E-state index in [2.05, 4.69) is 32.5 Å². The summed E-state index contributed by atoms with van der Waals surface area (Å²) in [5.41, 5.74) is 0.511. The fraction of sp³-hybridized carbons (Fsp3) is 0.471. The largest absolute Gasteiger partial charge is 0.468 e. The SMILES string of the molecule is CCc1cnc(CCNC(=NC)NCc2cccnc2OCC(F)(F)F)s1. The molecular weight excluding hydrogens is 379 g/mol. The number of rotatable bonds is 8. The number of halogens is 3. The molecule has 10 heteroatoms. The number of hydrogen-bond donors (Lipinski definition) is 2. The molecule has 0 amide bonds. The molecule has 0 spiro atoms. The highest BCUT2D eigenvalue weighted by molar-refractivity contribution is 7.11. The molecule has 0 aromatic carbocycles. The lowest BCUT2D eigenvalue weighted by atomic mass is 10.2. The molecule has 0 unspecified atom stereocenters. The molecular formula is C17H22F3N5OS. The quantitative estimate of drug-likeness (QED) is 0.526. The molecule has 0 saturated heterocycles. The van der Waals surface area contributed by atoms with Crippen molar-refractivity contribution < 1.29 is 17.9 Å². The van der Waals surface area contributed by atoms with Gasteiger partial charge in [0.05, 0.1) is 5.01 Å². The number of aryl methyl sites for hydroxylation is 1. The van der Waals surface area contributed by atoms with Crippen molar-refractivity contribution in [3.8, 4) is 5.88 Å². The number of thiazole rings is 1. The maximum absolute atomic E-state index is 12.3. The van der Waals surface area contributed by atoms with Crippen LogP contribution in [0.25, 0.3) is 0 Å². The van der Waals surface area contributed by atoms with Crippen LogP contribution in [-0.4, -0.2) is 42.3 Å². The smallest absolute Gasteiger partial charge is 0.422 e. The van der Waals surface area contributed by atoms with Crippen molar-refractivity contribution in [3.05, 3.63) is 40.0 Å². The van der Waals surface area contributed by atoms with Crippen LogP contribution in [0.5, 0.6) is 5.88 Å². The Morgan fingerprint density at radius 1 is 1.30 bits per heavy atom. The van der Waals surface area contributed by atoms with Crippen LogP contribution in [0.3, 0.4) is 0 Å². The molecule has 27 heavy (non-hydrogen) atoms. The second-order valence-electron chi connectivity index (χ2n) is 5.55. The first-order valence-corrected chi connectivity index (χ1v) is 9.24. The molecule has 2 rings (SSSR count). The van der Waals surface area contributed by atoms with E-state index in [1.165, 1.54) is 11.1 Å². The van der Waals surface area contributed by atoms with E-state index >= 15 is 0 Å². The minimum Gasteiger partial charge on any atom is -0.468 e. The number of ether oxygens (including phenoxy) is 1. The summed E-state index contributed by atoms with van der Waals surface area (Å²) >= 11 is 1.68. The zero-order valence-electron chi connectivity index (χ0n) is 15.1. The van der Waals surface area contributed by atoms with Gasteiger partial charge >= 0.3 is 6.18 Å². The van der Waals surface area contributed by atoms with E-state index in [1.54, 1.807) is 30.5 Å². The molecule has 0 aliphatic heterocycles. The highest BCUT2D eigenvalue weighted by atomic mass is 32.1. The summed E-state index contributed by atoms with van der Waals surface area (Å²) in [6.07, 6.45) is 0.600. The minimum absolute atomic E-state index is 0.0485. The zero-order valence-corrected chi connectivity index (χ0v) is 16.0. The molecule has 0 fully saturated rings. The summed E-state index contributed by atoms with van der Waals surface area (Å²) in [6.45, 7) is 1.59. The lowest BCUT2D eigenvalue weighted by Gasteiger charge is -2.14. The molecule has 2 aromatic heterocycles. The predicted octanol–water partition coefficient (Wildman–Crippen LogP) is 2.95. The lowest BCUT2D eigenvalue weighted by molar-refractivity contribution is -0.154. The predicted molar refractivity (Wildman–Crippen MR) is 99.2 cm³/mol.